The summed E-state index contributed by atoms with van der Waals surface area (Å²) in [5, 5.41) is 0.481. The van der Waals surface area contributed by atoms with Gasteiger partial charge in [-0.05, 0) is 68.1 Å². The van der Waals surface area contributed by atoms with E-state index in [1.807, 2.05) is 40.7 Å². The van der Waals surface area contributed by atoms with Crippen molar-refractivity contribution in [2.24, 2.45) is 5.41 Å². The molecule has 0 saturated carbocycles. The van der Waals surface area contributed by atoms with Gasteiger partial charge in [-0.25, -0.2) is 13.4 Å². The van der Waals surface area contributed by atoms with Crippen molar-refractivity contribution in [2.45, 2.75) is 57.1 Å². The van der Waals surface area contributed by atoms with Gasteiger partial charge in [0.2, 0.25) is 5.91 Å². The fraction of sp³-hybridized carbons (Fsp3) is 0.500. The molecule has 0 unspecified atom stereocenters. The number of carbonyl (C=O) groups excluding carboxylic acids is 1. The van der Waals surface area contributed by atoms with Crippen LogP contribution in [-0.2, 0) is 24.1 Å². The van der Waals surface area contributed by atoms with Crippen LogP contribution in [0.2, 0.25) is 5.02 Å². The largest absolute Gasteiger partial charge is 0.381 e. The second-order valence-corrected chi connectivity index (χ2v) is 11.9. The highest BCUT2D eigenvalue weighted by Gasteiger charge is 2.48. The van der Waals surface area contributed by atoms with Gasteiger partial charge in [0.05, 0.1) is 4.90 Å². The zero-order valence-corrected chi connectivity index (χ0v) is 20.9. The number of sulfone groups is 1. The Balaban J connectivity index is 2.11. The van der Waals surface area contributed by atoms with Crippen LogP contribution in [0.4, 0.5) is 5.82 Å². The van der Waals surface area contributed by atoms with E-state index in [-0.39, 0.29) is 10.8 Å². The van der Waals surface area contributed by atoms with E-state index >= 15 is 0 Å². The van der Waals surface area contributed by atoms with Crippen molar-refractivity contribution in [3.05, 3.63) is 52.7 Å². The Hall–Kier alpha value is -1.96. The number of halogens is 1. The molecule has 1 amide bonds. The van der Waals surface area contributed by atoms with Crippen LogP contribution in [0.25, 0.3) is 0 Å². The molecule has 1 saturated heterocycles. The van der Waals surface area contributed by atoms with Crippen LogP contribution in [-0.4, -0.2) is 39.1 Å². The molecule has 1 aromatic heterocycles. The van der Waals surface area contributed by atoms with Crippen LogP contribution in [0.1, 0.15) is 51.7 Å². The Bertz CT molecular complexity index is 1090. The van der Waals surface area contributed by atoms with Crippen LogP contribution < -0.4 is 4.90 Å². The quantitative estimate of drug-likeness (QED) is 0.609. The highest BCUT2D eigenvalue weighted by atomic mass is 35.5. The molecule has 0 spiro atoms. The average molecular weight is 479 g/mol. The fourth-order valence-electron chi connectivity index (χ4n) is 4.15. The molecule has 1 aliphatic rings. The summed E-state index contributed by atoms with van der Waals surface area (Å²) in [7, 11) is -3.75. The van der Waals surface area contributed by atoms with E-state index in [1.165, 1.54) is 0 Å². The van der Waals surface area contributed by atoms with Crippen molar-refractivity contribution in [2.75, 3.05) is 24.7 Å². The lowest BCUT2D eigenvalue weighted by molar-refractivity contribution is -0.125. The number of nitrogens with zero attached hydrogens (tertiary/aromatic N) is 2. The number of amides is 1. The summed E-state index contributed by atoms with van der Waals surface area (Å²) in [4.78, 5) is 19.4. The van der Waals surface area contributed by atoms with Gasteiger partial charge in [-0.1, -0.05) is 32.4 Å². The summed E-state index contributed by atoms with van der Waals surface area (Å²) < 4.78 is 32.1. The average Bonchev–Trinajstić information content (AvgIpc) is 2.75. The number of ether oxygens (including phenoxy) is 1. The van der Waals surface area contributed by atoms with E-state index in [0.717, 1.165) is 5.56 Å². The molecule has 1 aliphatic heterocycles. The second-order valence-electron chi connectivity index (χ2n) is 9.23. The zero-order valence-electron chi connectivity index (χ0n) is 19.3. The molecule has 0 radical (unpaired) electrons. The Labute approximate surface area is 195 Å². The smallest absolute Gasteiger partial charge is 0.233 e. The van der Waals surface area contributed by atoms with Crippen LogP contribution in [0.15, 0.2) is 41.4 Å². The number of aromatic nitrogens is 1. The molecule has 6 nitrogen and oxygen atoms in total. The van der Waals surface area contributed by atoms with Crippen LogP contribution in [0.5, 0.6) is 0 Å². The van der Waals surface area contributed by atoms with Crippen molar-refractivity contribution < 1.29 is 17.9 Å². The minimum absolute atomic E-state index is 0.0297. The molecule has 2 heterocycles. The number of carbonyl (C=O) groups is 1. The number of benzene rings is 1. The Morgan fingerprint density at radius 3 is 2.28 bits per heavy atom. The van der Waals surface area contributed by atoms with Crippen molar-refractivity contribution in [3.63, 3.8) is 0 Å². The maximum Gasteiger partial charge on any atom is 0.233 e. The van der Waals surface area contributed by atoms with Crippen molar-refractivity contribution in [3.8, 4) is 0 Å². The van der Waals surface area contributed by atoms with Crippen molar-refractivity contribution in [1.82, 2.24) is 4.98 Å². The molecule has 1 aromatic carbocycles. The Morgan fingerprint density at radius 1 is 1.19 bits per heavy atom. The number of hydrogen-bond acceptors (Lipinski definition) is 5. The SMILES string of the molecule is CCN(C(=O)C(C)(C)C)c1ncc(C2(S(=O)(=O)c3ccc(Cl)cc3)CCOCC2)cc1C. The molecule has 0 bridgehead atoms. The lowest BCUT2D eigenvalue weighted by Crippen LogP contribution is -2.42. The summed E-state index contributed by atoms with van der Waals surface area (Å²) in [5.74, 6) is 0.528. The number of anilines is 1. The van der Waals surface area contributed by atoms with E-state index in [1.54, 1.807) is 35.4 Å². The summed E-state index contributed by atoms with van der Waals surface area (Å²) in [6.07, 6.45) is 2.27. The van der Waals surface area contributed by atoms with E-state index in [2.05, 4.69) is 4.98 Å². The van der Waals surface area contributed by atoms with Gasteiger partial charge in [0.25, 0.3) is 0 Å². The van der Waals surface area contributed by atoms with E-state index in [0.29, 0.717) is 49.0 Å². The number of aryl methyl sites for hydroxylation is 1. The molecule has 8 heteroatoms. The third kappa shape index (κ3) is 4.43. The van der Waals surface area contributed by atoms with Gasteiger partial charge in [-0.2, -0.15) is 0 Å². The molecule has 2 aromatic rings. The lowest BCUT2D eigenvalue weighted by Gasteiger charge is -2.37. The molecular weight excluding hydrogens is 448 g/mol. The van der Waals surface area contributed by atoms with E-state index < -0.39 is 20.0 Å². The lowest BCUT2D eigenvalue weighted by atomic mass is 9.90. The minimum Gasteiger partial charge on any atom is -0.381 e. The first-order chi connectivity index (χ1) is 14.9. The zero-order chi connectivity index (χ0) is 23.7. The Morgan fingerprint density at radius 2 is 1.78 bits per heavy atom. The number of pyridine rings is 1. The van der Waals surface area contributed by atoms with Gasteiger partial charge >= 0.3 is 0 Å². The topological polar surface area (TPSA) is 76.6 Å². The molecule has 3 rings (SSSR count). The summed E-state index contributed by atoms with van der Waals surface area (Å²) >= 11 is 5.98. The third-order valence-electron chi connectivity index (χ3n) is 5.97. The summed E-state index contributed by atoms with van der Waals surface area (Å²) in [6, 6.07) is 8.13. The number of rotatable bonds is 5. The maximum absolute atomic E-state index is 13.9. The van der Waals surface area contributed by atoms with Crippen LogP contribution >= 0.6 is 11.6 Å². The first-order valence-electron chi connectivity index (χ1n) is 10.8. The monoisotopic (exact) mass is 478 g/mol. The third-order valence-corrected chi connectivity index (χ3v) is 8.79. The molecule has 0 atom stereocenters. The first-order valence-corrected chi connectivity index (χ1v) is 12.7. The molecule has 0 N–H and O–H groups in total. The van der Waals surface area contributed by atoms with Crippen molar-refractivity contribution in [1.29, 1.82) is 0 Å². The van der Waals surface area contributed by atoms with Crippen molar-refractivity contribution >= 4 is 33.2 Å². The maximum atomic E-state index is 13.9. The number of hydrogen-bond donors (Lipinski definition) is 0. The second kappa shape index (κ2) is 9.12. The van der Waals surface area contributed by atoms with Gasteiger partial charge in [0.15, 0.2) is 9.84 Å². The standard InChI is InChI=1S/C24H31ClN2O4S/c1-6-27(22(28)23(3,4)5)21-17(2)15-18(16-26-21)24(11-13-31-14-12-24)32(29,30)20-9-7-19(25)8-10-20/h7-10,15-16H,6,11-14H2,1-5H3. The highest BCUT2D eigenvalue weighted by molar-refractivity contribution is 7.92. The first kappa shape index (κ1) is 24.7. The van der Waals surface area contributed by atoms with Gasteiger partial charge < -0.3 is 4.74 Å². The predicted molar refractivity (Wildman–Crippen MR) is 127 cm³/mol. The van der Waals surface area contributed by atoms with Gasteiger partial charge in [0.1, 0.15) is 10.6 Å². The van der Waals surface area contributed by atoms with Gasteiger partial charge in [0, 0.05) is 36.4 Å². The predicted octanol–water partition coefficient (Wildman–Crippen LogP) is 4.92. The van der Waals surface area contributed by atoms with E-state index in [9.17, 15) is 13.2 Å². The van der Waals surface area contributed by atoms with Gasteiger partial charge in [-0.3, -0.25) is 9.69 Å². The summed E-state index contributed by atoms with van der Waals surface area (Å²) in [5.41, 5.74) is 0.832. The Kier molecular flexibility index (Phi) is 7.03. The molecular formula is C24H31ClN2O4S. The molecule has 1 fully saturated rings. The van der Waals surface area contributed by atoms with Gasteiger partial charge in [-0.15, -0.1) is 0 Å². The minimum atomic E-state index is -3.75. The molecule has 174 valence electrons. The van der Waals surface area contributed by atoms with Crippen LogP contribution in [0.3, 0.4) is 0 Å². The summed E-state index contributed by atoms with van der Waals surface area (Å²) in [6.45, 7) is 10.6. The highest BCUT2D eigenvalue weighted by Crippen LogP contribution is 2.44. The van der Waals surface area contributed by atoms with Crippen LogP contribution in [0, 0.1) is 12.3 Å². The molecule has 32 heavy (non-hydrogen) atoms. The van der Waals surface area contributed by atoms with E-state index in [4.69, 9.17) is 16.3 Å². The fourth-order valence-corrected chi connectivity index (χ4v) is 6.34. The molecule has 0 aliphatic carbocycles. The normalized spacial score (nSPS) is 16.6.